The van der Waals surface area contributed by atoms with Crippen molar-refractivity contribution in [3.63, 3.8) is 0 Å². The fourth-order valence-electron chi connectivity index (χ4n) is 2.00. The van der Waals surface area contributed by atoms with Crippen LogP contribution < -0.4 is 11.3 Å². The number of hydrogen-bond acceptors (Lipinski definition) is 3. The van der Waals surface area contributed by atoms with Crippen LogP contribution in [0.2, 0.25) is 0 Å². The van der Waals surface area contributed by atoms with Gasteiger partial charge in [0, 0.05) is 18.7 Å². The quantitative estimate of drug-likeness (QED) is 0.613. The molecule has 4 nitrogen and oxygen atoms in total. The molecule has 0 aliphatic rings. The van der Waals surface area contributed by atoms with Crippen LogP contribution in [0.25, 0.3) is 0 Å². The van der Waals surface area contributed by atoms with Crippen molar-refractivity contribution in [3.05, 3.63) is 29.3 Å². The number of hydrazine groups is 1. The first kappa shape index (κ1) is 15.5. The number of anilines is 1. The molecule has 1 unspecified atom stereocenters. The molecule has 0 spiro atoms. The molecule has 1 aromatic rings. The van der Waals surface area contributed by atoms with Crippen LogP contribution in [-0.2, 0) is 0 Å². The lowest BCUT2D eigenvalue weighted by Gasteiger charge is -2.24. The van der Waals surface area contributed by atoms with Gasteiger partial charge >= 0.3 is 0 Å². The number of amides is 1. The van der Waals surface area contributed by atoms with Crippen molar-refractivity contribution < 1.29 is 4.79 Å². The molecule has 0 saturated heterocycles. The molecule has 0 heterocycles. The van der Waals surface area contributed by atoms with Gasteiger partial charge in [-0.1, -0.05) is 20.3 Å². The summed E-state index contributed by atoms with van der Waals surface area (Å²) in [5.74, 6) is 6.02. The van der Waals surface area contributed by atoms with E-state index < -0.39 is 0 Å². The van der Waals surface area contributed by atoms with E-state index in [0.29, 0.717) is 5.92 Å². The molecule has 0 bridgehead atoms. The van der Waals surface area contributed by atoms with Crippen LogP contribution in [0.15, 0.2) is 18.2 Å². The lowest BCUT2D eigenvalue weighted by Crippen LogP contribution is -2.34. The summed E-state index contributed by atoms with van der Waals surface area (Å²) in [7, 11) is 0. The van der Waals surface area contributed by atoms with Crippen molar-refractivity contribution in [3.8, 4) is 0 Å². The monoisotopic (exact) mass is 263 g/mol. The lowest BCUT2D eigenvalue weighted by atomic mass is 10.1. The minimum atomic E-state index is 0.0921. The van der Waals surface area contributed by atoms with E-state index in [1.54, 1.807) is 0 Å². The fraction of sp³-hybridized carbons (Fsp3) is 0.533. The molecule has 0 radical (unpaired) electrons. The van der Waals surface area contributed by atoms with Crippen molar-refractivity contribution >= 4 is 11.6 Å². The zero-order valence-corrected chi connectivity index (χ0v) is 12.4. The molecule has 0 saturated carbocycles. The number of aryl methyl sites for hydroxylation is 1. The predicted molar refractivity (Wildman–Crippen MR) is 80.0 cm³/mol. The van der Waals surface area contributed by atoms with Crippen LogP contribution in [0.3, 0.4) is 0 Å². The van der Waals surface area contributed by atoms with E-state index in [0.717, 1.165) is 36.3 Å². The number of carbonyl (C=O) groups is 1. The number of rotatable bonds is 6. The molecule has 3 N–H and O–H groups in total. The van der Waals surface area contributed by atoms with E-state index in [4.69, 9.17) is 5.84 Å². The van der Waals surface area contributed by atoms with Crippen molar-refractivity contribution in [1.82, 2.24) is 4.90 Å². The number of nitrogens with zero attached hydrogens (tertiary/aromatic N) is 1. The summed E-state index contributed by atoms with van der Waals surface area (Å²) in [6.45, 7) is 9.82. The Morgan fingerprint density at radius 2 is 2.11 bits per heavy atom. The molecule has 4 heteroatoms. The third-order valence-electron chi connectivity index (χ3n) is 3.53. The molecule has 0 aliphatic heterocycles. The summed E-state index contributed by atoms with van der Waals surface area (Å²) in [6, 6.07) is 5.56. The van der Waals surface area contributed by atoms with Gasteiger partial charge in [0.25, 0.3) is 5.91 Å². The maximum atomic E-state index is 12.5. The number of carbonyl (C=O) groups excluding carboxylic acids is 1. The standard InChI is InChI=1S/C15H25N3O/c1-5-11(3)10-18(6-2)15(19)13-7-8-14(17-16)12(4)9-13/h7-9,11,17H,5-6,10,16H2,1-4H3. The van der Waals surface area contributed by atoms with Gasteiger partial charge in [0.15, 0.2) is 0 Å². The number of nitrogens with two attached hydrogens (primary N) is 1. The number of hydrogen-bond donors (Lipinski definition) is 2. The fourth-order valence-corrected chi connectivity index (χ4v) is 2.00. The third kappa shape index (κ3) is 3.96. The van der Waals surface area contributed by atoms with Gasteiger partial charge in [0.1, 0.15) is 0 Å². The Labute approximate surface area is 115 Å². The van der Waals surface area contributed by atoms with E-state index >= 15 is 0 Å². The summed E-state index contributed by atoms with van der Waals surface area (Å²) in [4.78, 5) is 14.4. The molecule has 106 valence electrons. The van der Waals surface area contributed by atoms with Crippen LogP contribution >= 0.6 is 0 Å². The Bertz CT molecular complexity index is 431. The van der Waals surface area contributed by atoms with Gasteiger partial charge in [-0.3, -0.25) is 10.6 Å². The molecule has 1 aromatic carbocycles. The molecule has 0 fully saturated rings. The van der Waals surface area contributed by atoms with Gasteiger partial charge < -0.3 is 10.3 Å². The topological polar surface area (TPSA) is 58.4 Å². The van der Waals surface area contributed by atoms with Crippen LogP contribution in [0.5, 0.6) is 0 Å². The minimum absolute atomic E-state index is 0.0921. The summed E-state index contributed by atoms with van der Waals surface area (Å²) >= 11 is 0. The zero-order valence-electron chi connectivity index (χ0n) is 12.4. The summed E-state index contributed by atoms with van der Waals surface area (Å²) in [5, 5.41) is 0. The molecule has 0 aromatic heterocycles. The smallest absolute Gasteiger partial charge is 0.253 e. The van der Waals surface area contributed by atoms with Crippen LogP contribution in [-0.4, -0.2) is 23.9 Å². The average Bonchev–Trinajstić information content (AvgIpc) is 2.43. The highest BCUT2D eigenvalue weighted by Gasteiger charge is 2.16. The Kier molecular flexibility index (Phi) is 5.83. The van der Waals surface area contributed by atoms with Gasteiger partial charge in [-0.15, -0.1) is 0 Å². The summed E-state index contributed by atoms with van der Waals surface area (Å²) < 4.78 is 0. The van der Waals surface area contributed by atoms with Crippen LogP contribution in [0, 0.1) is 12.8 Å². The van der Waals surface area contributed by atoms with Crippen LogP contribution in [0.1, 0.15) is 43.1 Å². The first-order valence-electron chi connectivity index (χ1n) is 6.89. The first-order valence-corrected chi connectivity index (χ1v) is 6.89. The molecular weight excluding hydrogens is 238 g/mol. The van der Waals surface area contributed by atoms with Gasteiger partial charge in [0.2, 0.25) is 0 Å². The van der Waals surface area contributed by atoms with E-state index in [-0.39, 0.29) is 5.91 Å². The van der Waals surface area contributed by atoms with E-state index in [2.05, 4.69) is 19.3 Å². The van der Waals surface area contributed by atoms with Gasteiger partial charge in [0.05, 0.1) is 5.69 Å². The van der Waals surface area contributed by atoms with E-state index in [1.165, 1.54) is 0 Å². The summed E-state index contributed by atoms with van der Waals surface area (Å²) in [5.41, 5.74) is 5.17. The lowest BCUT2D eigenvalue weighted by molar-refractivity contribution is 0.0741. The van der Waals surface area contributed by atoms with Gasteiger partial charge in [-0.2, -0.15) is 0 Å². The third-order valence-corrected chi connectivity index (χ3v) is 3.53. The first-order chi connectivity index (χ1) is 9.03. The number of benzene rings is 1. The van der Waals surface area contributed by atoms with Crippen LogP contribution in [0.4, 0.5) is 5.69 Å². The second-order valence-electron chi connectivity index (χ2n) is 5.03. The molecule has 1 rings (SSSR count). The SMILES string of the molecule is CCC(C)CN(CC)C(=O)c1ccc(NN)c(C)c1. The Balaban J connectivity index is 2.88. The van der Waals surface area contributed by atoms with E-state index in [9.17, 15) is 4.79 Å². The average molecular weight is 263 g/mol. The normalized spacial score (nSPS) is 12.1. The maximum Gasteiger partial charge on any atom is 0.253 e. The second-order valence-corrected chi connectivity index (χ2v) is 5.03. The Morgan fingerprint density at radius 3 is 2.58 bits per heavy atom. The highest BCUT2D eigenvalue weighted by molar-refractivity contribution is 5.95. The van der Waals surface area contributed by atoms with Gasteiger partial charge in [-0.25, -0.2) is 0 Å². The maximum absolute atomic E-state index is 12.5. The Hall–Kier alpha value is -1.55. The van der Waals surface area contributed by atoms with Gasteiger partial charge in [-0.05, 0) is 43.5 Å². The molecule has 0 aliphatic carbocycles. The number of nitrogens with one attached hydrogen (secondary N) is 1. The minimum Gasteiger partial charge on any atom is -0.339 e. The second kappa shape index (κ2) is 7.14. The van der Waals surface area contributed by atoms with Crippen molar-refractivity contribution in [2.45, 2.75) is 34.1 Å². The highest BCUT2D eigenvalue weighted by atomic mass is 16.2. The molecular formula is C15H25N3O. The van der Waals surface area contributed by atoms with Crippen molar-refractivity contribution in [2.24, 2.45) is 11.8 Å². The van der Waals surface area contributed by atoms with Crippen molar-refractivity contribution in [2.75, 3.05) is 18.5 Å². The van der Waals surface area contributed by atoms with E-state index in [1.807, 2.05) is 36.9 Å². The van der Waals surface area contributed by atoms with Crippen molar-refractivity contribution in [1.29, 1.82) is 0 Å². The molecule has 1 atom stereocenters. The largest absolute Gasteiger partial charge is 0.339 e. The Morgan fingerprint density at radius 1 is 1.42 bits per heavy atom. The number of nitrogen functional groups attached to an aromatic ring is 1. The summed E-state index contributed by atoms with van der Waals surface area (Å²) in [6.07, 6.45) is 1.08. The highest BCUT2D eigenvalue weighted by Crippen LogP contribution is 2.17. The molecule has 1 amide bonds. The zero-order chi connectivity index (χ0) is 14.4. The predicted octanol–water partition coefficient (Wildman–Crippen LogP) is 2.79. The molecule has 19 heavy (non-hydrogen) atoms.